The molecule has 0 heterocycles. The van der Waals surface area contributed by atoms with Crippen LogP contribution in [0.15, 0.2) is 18.2 Å². The van der Waals surface area contributed by atoms with Gasteiger partial charge in [0.25, 0.3) is 5.69 Å². The molecule has 1 rings (SSSR count). The first-order valence-electron chi connectivity index (χ1n) is 5.17. The van der Waals surface area contributed by atoms with Crippen LogP contribution in [0.25, 0.3) is 0 Å². The molecule has 1 aromatic carbocycles. The van der Waals surface area contributed by atoms with Crippen LogP contribution in [0.4, 0.5) is 10.1 Å². The first-order chi connectivity index (χ1) is 8.49. The standard InChI is InChI=1S/C12H11FN2O3/c1-9(16)14-5-3-2-4-10-6-11(13)8-12(7-10)15(17)18/h6-8H,3,5H2,1H3,(H,14,16). The van der Waals surface area contributed by atoms with E-state index in [1.807, 2.05) is 0 Å². The highest BCUT2D eigenvalue weighted by molar-refractivity contribution is 5.72. The van der Waals surface area contributed by atoms with E-state index in [0.717, 1.165) is 12.1 Å². The van der Waals surface area contributed by atoms with Crippen LogP contribution in [0.1, 0.15) is 18.9 Å². The van der Waals surface area contributed by atoms with Gasteiger partial charge in [-0.3, -0.25) is 14.9 Å². The number of amides is 1. The van der Waals surface area contributed by atoms with E-state index in [9.17, 15) is 19.3 Å². The van der Waals surface area contributed by atoms with Gasteiger partial charge in [0.2, 0.25) is 5.91 Å². The number of hydrogen-bond acceptors (Lipinski definition) is 3. The Morgan fingerprint density at radius 1 is 1.50 bits per heavy atom. The fourth-order valence-corrected chi connectivity index (χ4v) is 1.22. The molecule has 0 bridgehead atoms. The molecule has 0 fully saturated rings. The number of halogens is 1. The maximum atomic E-state index is 13.0. The van der Waals surface area contributed by atoms with Crippen LogP contribution in [-0.2, 0) is 4.79 Å². The van der Waals surface area contributed by atoms with Gasteiger partial charge in [-0.25, -0.2) is 4.39 Å². The van der Waals surface area contributed by atoms with Crippen LogP contribution in [0, 0.1) is 27.8 Å². The molecule has 0 aliphatic rings. The van der Waals surface area contributed by atoms with E-state index in [2.05, 4.69) is 17.2 Å². The van der Waals surface area contributed by atoms with Gasteiger partial charge in [-0.05, 0) is 6.07 Å². The largest absolute Gasteiger partial charge is 0.355 e. The summed E-state index contributed by atoms with van der Waals surface area (Å²) >= 11 is 0. The fourth-order valence-electron chi connectivity index (χ4n) is 1.22. The van der Waals surface area contributed by atoms with E-state index in [4.69, 9.17) is 0 Å². The summed E-state index contributed by atoms with van der Waals surface area (Å²) in [7, 11) is 0. The lowest BCUT2D eigenvalue weighted by Gasteiger charge is -1.95. The lowest BCUT2D eigenvalue weighted by Crippen LogP contribution is -2.20. The molecule has 0 unspecified atom stereocenters. The number of carbonyl (C=O) groups is 1. The zero-order chi connectivity index (χ0) is 13.5. The van der Waals surface area contributed by atoms with Crippen molar-refractivity contribution in [2.75, 3.05) is 6.54 Å². The van der Waals surface area contributed by atoms with Crippen molar-refractivity contribution in [2.45, 2.75) is 13.3 Å². The quantitative estimate of drug-likeness (QED) is 0.383. The van der Waals surface area contributed by atoms with Crippen LogP contribution in [0.2, 0.25) is 0 Å². The van der Waals surface area contributed by atoms with Gasteiger partial charge in [0.15, 0.2) is 0 Å². The lowest BCUT2D eigenvalue weighted by molar-refractivity contribution is -0.385. The minimum atomic E-state index is -0.699. The van der Waals surface area contributed by atoms with Crippen LogP contribution in [-0.4, -0.2) is 17.4 Å². The molecule has 1 amide bonds. The monoisotopic (exact) mass is 250 g/mol. The minimum Gasteiger partial charge on any atom is -0.355 e. The molecule has 0 aromatic heterocycles. The summed E-state index contributed by atoms with van der Waals surface area (Å²) in [5.41, 5.74) is -0.0920. The predicted octanol–water partition coefficient (Wildman–Crippen LogP) is 1.61. The Kier molecular flexibility index (Phi) is 4.81. The van der Waals surface area contributed by atoms with Crippen molar-refractivity contribution in [1.82, 2.24) is 5.32 Å². The molecule has 0 spiro atoms. The molecule has 18 heavy (non-hydrogen) atoms. The highest BCUT2D eigenvalue weighted by Gasteiger charge is 2.08. The van der Waals surface area contributed by atoms with Crippen molar-refractivity contribution in [3.05, 3.63) is 39.7 Å². The Morgan fingerprint density at radius 2 is 2.22 bits per heavy atom. The number of nitro benzene ring substituents is 1. The Bertz CT molecular complexity index is 532. The second-order valence-corrected chi connectivity index (χ2v) is 3.49. The van der Waals surface area contributed by atoms with Gasteiger partial charge in [0, 0.05) is 31.5 Å². The minimum absolute atomic E-state index is 0.154. The maximum Gasteiger partial charge on any atom is 0.273 e. The van der Waals surface area contributed by atoms with E-state index in [1.54, 1.807) is 0 Å². The van der Waals surface area contributed by atoms with Crippen LogP contribution >= 0.6 is 0 Å². The van der Waals surface area contributed by atoms with Crippen LogP contribution in [0.5, 0.6) is 0 Å². The molecular formula is C12H11FN2O3. The third-order valence-corrected chi connectivity index (χ3v) is 1.95. The number of benzene rings is 1. The molecule has 1 aromatic rings. The molecule has 0 saturated heterocycles. The van der Waals surface area contributed by atoms with Gasteiger partial charge in [-0.1, -0.05) is 11.8 Å². The SMILES string of the molecule is CC(=O)NCCC#Cc1cc(F)cc([N+](=O)[O-])c1. The van der Waals surface area contributed by atoms with Gasteiger partial charge in [-0.15, -0.1) is 0 Å². The number of rotatable bonds is 3. The summed E-state index contributed by atoms with van der Waals surface area (Å²) in [6.07, 6.45) is 0.393. The molecule has 0 atom stereocenters. The van der Waals surface area contributed by atoms with Crippen molar-refractivity contribution in [2.24, 2.45) is 0 Å². The zero-order valence-electron chi connectivity index (χ0n) is 9.70. The number of nitrogens with zero attached hydrogens (tertiary/aromatic N) is 1. The van der Waals surface area contributed by atoms with Crippen molar-refractivity contribution < 1.29 is 14.1 Å². The highest BCUT2D eigenvalue weighted by Crippen LogP contribution is 2.15. The fraction of sp³-hybridized carbons (Fsp3) is 0.250. The van der Waals surface area contributed by atoms with Gasteiger partial charge in [-0.2, -0.15) is 0 Å². The summed E-state index contributed by atoms with van der Waals surface area (Å²) in [6.45, 7) is 1.78. The van der Waals surface area contributed by atoms with Crippen LogP contribution < -0.4 is 5.32 Å². The molecule has 94 valence electrons. The maximum absolute atomic E-state index is 13.0. The van der Waals surface area contributed by atoms with E-state index in [-0.39, 0.29) is 17.2 Å². The summed E-state index contributed by atoms with van der Waals surface area (Å²) in [4.78, 5) is 20.4. The summed E-state index contributed by atoms with van der Waals surface area (Å²) < 4.78 is 13.0. The van der Waals surface area contributed by atoms with Crippen molar-refractivity contribution in [1.29, 1.82) is 0 Å². The number of nitro groups is 1. The van der Waals surface area contributed by atoms with Crippen molar-refractivity contribution in [3.63, 3.8) is 0 Å². The number of carbonyl (C=O) groups excluding carboxylic acids is 1. The summed E-state index contributed by atoms with van der Waals surface area (Å²) in [6, 6.07) is 3.16. The average Bonchev–Trinajstić information content (AvgIpc) is 2.27. The molecule has 0 radical (unpaired) electrons. The van der Waals surface area contributed by atoms with E-state index >= 15 is 0 Å². The molecule has 5 nitrogen and oxygen atoms in total. The van der Waals surface area contributed by atoms with Crippen LogP contribution in [0.3, 0.4) is 0 Å². The first-order valence-corrected chi connectivity index (χ1v) is 5.17. The summed E-state index contributed by atoms with van der Waals surface area (Å²) in [5.74, 6) is 4.45. The molecule has 1 N–H and O–H groups in total. The third kappa shape index (κ3) is 4.61. The molecule has 6 heteroatoms. The van der Waals surface area contributed by atoms with Gasteiger partial charge >= 0.3 is 0 Å². The third-order valence-electron chi connectivity index (χ3n) is 1.95. The predicted molar refractivity (Wildman–Crippen MR) is 63.2 cm³/mol. The van der Waals surface area contributed by atoms with Gasteiger partial charge in [0.05, 0.1) is 11.0 Å². The van der Waals surface area contributed by atoms with Gasteiger partial charge < -0.3 is 5.32 Å². The van der Waals surface area contributed by atoms with E-state index in [0.29, 0.717) is 13.0 Å². The second kappa shape index (κ2) is 6.35. The normalized spacial score (nSPS) is 9.22. The number of hydrogen-bond donors (Lipinski definition) is 1. The molecule has 0 saturated carbocycles. The van der Waals surface area contributed by atoms with E-state index in [1.165, 1.54) is 13.0 Å². The Labute approximate surface area is 103 Å². The Hall–Kier alpha value is -2.42. The average molecular weight is 250 g/mol. The van der Waals surface area contributed by atoms with E-state index < -0.39 is 10.7 Å². The van der Waals surface area contributed by atoms with Crippen molar-refractivity contribution in [3.8, 4) is 11.8 Å². The zero-order valence-corrected chi connectivity index (χ0v) is 9.70. The smallest absolute Gasteiger partial charge is 0.273 e. The first kappa shape index (κ1) is 13.6. The molecule has 0 aliphatic carbocycles. The summed E-state index contributed by atoms with van der Waals surface area (Å²) in [5, 5.41) is 13.0. The highest BCUT2D eigenvalue weighted by atomic mass is 19.1. The van der Waals surface area contributed by atoms with Gasteiger partial charge in [0.1, 0.15) is 5.82 Å². The second-order valence-electron chi connectivity index (χ2n) is 3.49. The molecule has 0 aliphatic heterocycles. The molecular weight excluding hydrogens is 239 g/mol. The lowest BCUT2D eigenvalue weighted by atomic mass is 10.2. The Morgan fingerprint density at radius 3 is 2.83 bits per heavy atom. The number of non-ortho nitro benzene ring substituents is 1. The van der Waals surface area contributed by atoms with Crippen molar-refractivity contribution >= 4 is 11.6 Å². The Balaban J connectivity index is 2.70. The topological polar surface area (TPSA) is 72.2 Å². The number of nitrogens with one attached hydrogen (secondary N) is 1.